The van der Waals surface area contributed by atoms with Crippen molar-refractivity contribution in [2.24, 2.45) is 5.73 Å². The molecule has 56 heavy (non-hydrogen) atoms. The van der Waals surface area contributed by atoms with E-state index in [1.807, 2.05) is 0 Å². The first-order valence-electron chi connectivity index (χ1n) is 17.7. The second-order valence-corrected chi connectivity index (χ2v) is 18.4. The number of aromatic hydroxyl groups is 1. The zero-order valence-electron chi connectivity index (χ0n) is 31.3. The van der Waals surface area contributed by atoms with Gasteiger partial charge in [0.2, 0.25) is 29.5 Å². The lowest BCUT2D eigenvalue weighted by Gasteiger charge is -2.39. The van der Waals surface area contributed by atoms with Crippen molar-refractivity contribution in [3.63, 3.8) is 0 Å². The highest BCUT2D eigenvalue weighted by Gasteiger charge is 2.45. The standard InChI is InChI=1S/C39H47ClN6O8S2/c1-38(2)31(45-33(49)27(41)18-23-12-16-26(47)17-13-23)35(51)42-21-30(48)43-28(19-24-10-14-25(40)15-11-24)34(50)46-32(39(3,4)56-55-38)36(52)44-29(37(53)54)20-22-8-6-5-7-9-22/h5-17,27-29,31-32,47H,18-21,41H2,1-4H3,(H,42,51)(H,43,48)(H,44,52)(H,45,49)(H,46,50)(H,53,54)/t27-,28-,29-,31?,32+/m0/s1. The zero-order valence-corrected chi connectivity index (χ0v) is 33.7. The fraction of sp³-hybridized carbons (Fsp3) is 0.385. The lowest BCUT2D eigenvalue weighted by molar-refractivity contribution is -0.142. The Bertz CT molecular complexity index is 1880. The Morgan fingerprint density at radius 1 is 0.839 bits per heavy atom. The van der Waals surface area contributed by atoms with E-state index in [9.17, 15) is 39.0 Å². The maximum Gasteiger partial charge on any atom is 0.326 e. The number of phenolic OH excluding ortho intramolecular Hbond substituents is 1. The van der Waals surface area contributed by atoms with E-state index in [0.717, 1.165) is 21.6 Å². The topological polar surface area (TPSA) is 229 Å². The Balaban J connectivity index is 1.67. The van der Waals surface area contributed by atoms with Crippen LogP contribution in [-0.4, -0.2) is 92.0 Å². The molecular weight excluding hydrogens is 780 g/mol. The van der Waals surface area contributed by atoms with Crippen LogP contribution in [0.1, 0.15) is 44.4 Å². The minimum atomic E-state index is -1.37. The lowest BCUT2D eigenvalue weighted by Crippen LogP contribution is -2.63. The van der Waals surface area contributed by atoms with E-state index < -0.39 is 81.8 Å². The van der Waals surface area contributed by atoms with E-state index in [1.165, 1.54) is 12.1 Å². The van der Waals surface area contributed by atoms with Gasteiger partial charge in [0, 0.05) is 27.4 Å². The number of carboxylic acids is 1. The molecule has 0 radical (unpaired) electrons. The van der Waals surface area contributed by atoms with Crippen molar-refractivity contribution >= 4 is 68.7 Å². The van der Waals surface area contributed by atoms with Crippen LogP contribution in [0.15, 0.2) is 78.9 Å². The Morgan fingerprint density at radius 3 is 2.05 bits per heavy atom. The van der Waals surface area contributed by atoms with Gasteiger partial charge in [-0.15, -0.1) is 0 Å². The third-order valence-corrected chi connectivity index (χ3v) is 13.5. The first-order valence-corrected chi connectivity index (χ1v) is 20.3. The summed E-state index contributed by atoms with van der Waals surface area (Å²) in [5, 5.41) is 33.5. The average Bonchev–Trinajstić information content (AvgIpc) is 3.15. The van der Waals surface area contributed by atoms with Crippen molar-refractivity contribution in [1.82, 2.24) is 26.6 Å². The third-order valence-electron chi connectivity index (χ3n) is 9.01. The second-order valence-electron chi connectivity index (χ2n) is 14.5. The molecule has 1 aliphatic rings. The number of phenols is 1. The second kappa shape index (κ2) is 19.4. The van der Waals surface area contributed by atoms with Gasteiger partial charge in [-0.2, -0.15) is 0 Å². The number of hydrogen-bond acceptors (Lipinski definition) is 10. The van der Waals surface area contributed by atoms with Crippen LogP contribution in [0, 0.1) is 0 Å². The maximum atomic E-state index is 14.2. The number of halogens is 1. The molecule has 9 N–H and O–H groups in total. The van der Waals surface area contributed by atoms with Crippen LogP contribution in [0.25, 0.3) is 0 Å². The molecule has 4 rings (SSSR count). The quantitative estimate of drug-likeness (QED) is 0.131. The molecule has 300 valence electrons. The number of aliphatic carboxylic acids is 1. The van der Waals surface area contributed by atoms with Gasteiger partial charge in [0.05, 0.1) is 12.6 Å². The molecule has 1 aliphatic heterocycles. The Kier molecular flexibility index (Phi) is 15.2. The number of benzene rings is 3. The number of carbonyl (C=O) groups excluding carboxylic acids is 5. The van der Waals surface area contributed by atoms with Gasteiger partial charge in [0.25, 0.3) is 0 Å². The molecule has 0 saturated carbocycles. The van der Waals surface area contributed by atoms with Crippen molar-refractivity contribution in [3.8, 4) is 5.75 Å². The van der Waals surface area contributed by atoms with Crippen molar-refractivity contribution in [1.29, 1.82) is 0 Å². The number of amides is 5. The lowest BCUT2D eigenvalue weighted by atomic mass is 9.99. The molecule has 3 aromatic rings. The van der Waals surface area contributed by atoms with Crippen LogP contribution >= 0.6 is 33.2 Å². The predicted molar refractivity (Wildman–Crippen MR) is 217 cm³/mol. The number of rotatable bonds is 11. The smallest absolute Gasteiger partial charge is 0.326 e. The van der Waals surface area contributed by atoms with Crippen LogP contribution in [0.3, 0.4) is 0 Å². The van der Waals surface area contributed by atoms with Gasteiger partial charge in [-0.1, -0.05) is 87.8 Å². The largest absolute Gasteiger partial charge is 0.508 e. The number of nitrogens with one attached hydrogen (secondary N) is 5. The van der Waals surface area contributed by atoms with Gasteiger partial charge in [-0.3, -0.25) is 24.0 Å². The van der Waals surface area contributed by atoms with Gasteiger partial charge in [-0.25, -0.2) is 4.79 Å². The molecule has 1 saturated heterocycles. The first kappa shape index (κ1) is 44.0. The number of hydrogen-bond donors (Lipinski definition) is 8. The number of carbonyl (C=O) groups is 6. The summed E-state index contributed by atoms with van der Waals surface area (Å²) < 4.78 is -2.32. The molecule has 1 unspecified atom stereocenters. The van der Waals surface area contributed by atoms with Crippen LogP contribution in [0.5, 0.6) is 5.75 Å². The van der Waals surface area contributed by atoms with Crippen molar-refractivity contribution < 1.29 is 39.0 Å². The maximum absolute atomic E-state index is 14.2. The molecule has 14 nitrogen and oxygen atoms in total. The van der Waals surface area contributed by atoms with Crippen LogP contribution < -0.4 is 32.3 Å². The highest BCUT2D eigenvalue weighted by Crippen LogP contribution is 2.46. The predicted octanol–water partition coefficient (Wildman–Crippen LogP) is 2.49. The fourth-order valence-electron chi connectivity index (χ4n) is 5.78. The molecular formula is C39H47ClN6O8S2. The minimum Gasteiger partial charge on any atom is -0.508 e. The normalized spacial score (nSPS) is 21.2. The molecule has 5 atom stereocenters. The summed E-state index contributed by atoms with van der Waals surface area (Å²) in [6.45, 7) is 6.19. The molecule has 0 bridgehead atoms. The summed E-state index contributed by atoms with van der Waals surface area (Å²) in [5.41, 5.74) is 8.23. The zero-order chi connectivity index (χ0) is 41.2. The van der Waals surface area contributed by atoms with E-state index in [1.54, 1.807) is 94.4 Å². The van der Waals surface area contributed by atoms with Gasteiger partial charge in [0.1, 0.15) is 29.9 Å². The Hall–Kier alpha value is -4.77. The molecule has 0 aromatic heterocycles. The third kappa shape index (κ3) is 12.6. The molecule has 5 amide bonds. The SMILES string of the molecule is CC1(C)SSC(C)(C)[C@@H](C(=O)N[C@@H](Cc2ccccc2)C(=O)O)NC(=O)[C@H](Cc2ccc(Cl)cc2)NC(=O)CNC(=O)C1NC(=O)[C@@H](N)Cc1ccc(O)cc1. The van der Waals surface area contributed by atoms with Crippen LogP contribution in [-0.2, 0) is 48.0 Å². The van der Waals surface area contributed by atoms with Crippen LogP contribution in [0.4, 0.5) is 0 Å². The fourth-order valence-corrected chi connectivity index (χ4v) is 8.72. The van der Waals surface area contributed by atoms with Gasteiger partial charge in [-0.05, 0) is 75.1 Å². The van der Waals surface area contributed by atoms with Gasteiger partial charge < -0.3 is 42.5 Å². The van der Waals surface area contributed by atoms with E-state index in [4.69, 9.17) is 17.3 Å². The highest BCUT2D eigenvalue weighted by molar-refractivity contribution is 8.77. The molecule has 0 aliphatic carbocycles. The summed E-state index contributed by atoms with van der Waals surface area (Å²) in [4.78, 5) is 81.3. The van der Waals surface area contributed by atoms with Crippen molar-refractivity contribution in [2.45, 2.75) is 86.7 Å². The number of nitrogens with two attached hydrogens (primary N) is 1. The molecule has 1 fully saturated rings. The van der Waals surface area contributed by atoms with Crippen molar-refractivity contribution in [2.75, 3.05) is 6.54 Å². The van der Waals surface area contributed by atoms with Crippen molar-refractivity contribution in [3.05, 3.63) is 101 Å². The van der Waals surface area contributed by atoms with Gasteiger partial charge >= 0.3 is 5.97 Å². The van der Waals surface area contributed by atoms with E-state index >= 15 is 0 Å². The highest BCUT2D eigenvalue weighted by atomic mass is 35.5. The first-order chi connectivity index (χ1) is 26.3. The Morgan fingerprint density at radius 2 is 1.43 bits per heavy atom. The van der Waals surface area contributed by atoms with E-state index in [-0.39, 0.29) is 25.0 Å². The Labute approximate surface area is 338 Å². The number of carboxylic acid groups (broad SMARTS) is 1. The molecule has 3 aromatic carbocycles. The summed E-state index contributed by atoms with van der Waals surface area (Å²) in [6, 6.07) is 15.3. The molecule has 17 heteroatoms. The van der Waals surface area contributed by atoms with Crippen LogP contribution in [0.2, 0.25) is 5.02 Å². The summed E-state index contributed by atoms with van der Waals surface area (Å²) >= 11 is 6.07. The molecule has 0 spiro atoms. The molecule has 1 heterocycles. The summed E-state index contributed by atoms with van der Waals surface area (Å²) in [6.07, 6.45) is 0.0552. The average molecular weight is 827 g/mol. The summed E-state index contributed by atoms with van der Waals surface area (Å²) in [5.74, 6) is -4.81. The minimum absolute atomic E-state index is 0.0181. The van der Waals surface area contributed by atoms with E-state index in [2.05, 4.69) is 26.6 Å². The monoisotopic (exact) mass is 826 g/mol. The van der Waals surface area contributed by atoms with E-state index in [0.29, 0.717) is 21.7 Å². The van der Waals surface area contributed by atoms with Gasteiger partial charge in [0.15, 0.2) is 0 Å². The summed E-state index contributed by atoms with van der Waals surface area (Å²) in [7, 11) is 2.30.